The van der Waals surface area contributed by atoms with Gasteiger partial charge in [-0.15, -0.1) is 0 Å². The molecule has 0 heterocycles. The lowest BCUT2D eigenvalue weighted by molar-refractivity contribution is -0.174. The lowest BCUT2D eigenvalue weighted by Gasteiger charge is -2.20. The highest BCUT2D eigenvalue weighted by Crippen LogP contribution is 2.62. The molecule has 1 atom stereocenters. The summed E-state index contributed by atoms with van der Waals surface area (Å²) in [7, 11) is 0. The zero-order valence-electron chi connectivity index (χ0n) is 10.1. The number of rotatable bonds is 4. The predicted octanol–water partition coefficient (Wildman–Crippen LogP) is 3.73. The van der Waals surface area contributed by atoms with Crippen LogP contribution in [0.25, 0.3) is 0 Å². The van der Waals surface area contributed by atoms with Crippen molar-refractivity contribution in [3.8, 4) is 0 Å². The average molecular weight is 245 g/mol. The molecule has 0 aromatic carbocycles. The van der Waals surface area contributed by atoms with E-state index in [0.29, 0.717) is 0 Å². The molecule has 0 bridgehead atoms. The van der Waals surface area contributed by atoms with Gasteiger partial charge in [-0.3, -0.25) is 0 Å². The van der Waals surface area contributed by atoms with E-state index >= 15 is 0 Å². The lowest BCUT2D eigenvalue weighted by atomic mass is 9.94. The molecule has 0 amide bonds. The average Bonchev–Trinajstić information content (AvgIpc) is 2.98. The fraction of sp³-hybridized carbons (Fsp3) is 0.538. The number of hydrogen-bond donors (Lipinski definition) is 1. The molecule has 17 heavy (non-hydrogen) atoms. The van der Waals surface area contributed by atoms with Crippen LogP contribution in [0, 0.1) is 5.41 Å². The molecule has 0 saturated heterocycles. The highest BCUT2D eigenvalue weighted by molar-refractivity contribution is 5.37. The van der Waals surface area contributed by atoms with Gasteiger partial charge in [-0.05, 0) is 32.3 Å². The van der Waals surface area contributed by atoms with Crippen molar-refractivity contribution in [1.29, 1.82) is 0 Å². The molecule has 0 aliphatic heterocycles. The summed E-state index contributed by atoms with van der Waals surface area (Å²) in [6.45, 7) is 7.07. The van der Waals surface area contributed by atoms with E-state index in [1.54, 1.807) is 19.9 Å². The summed E-state index contributed by atoms with van der Waals surface area (Å²) in [6, 6.07) is -0.154. The van der Waals surface area contributed by atoms with Gasteiger partial charge in [0.05, 0.1) is 5.41 Å². The normalized spacial score (nSPS) is 22.2. The SMILES string of the molecule is C=C/C(=C\C=C(/C)C(C)N)C1(C(F)(F)F)CC1. The summed E-state index contributed by atoms with van der Waals surface area (Å²) in [5, 5.41) is 0. The summed E-state index contributed by atoms with van der Waals surface area (Å²) >= 11 is 0. The molecule has 0 radical (unpaired) electrons. The Morgan fingerprint density at radius 1 is 1.35 bits per heavy atom. The van der Waals surface area contributed by atoms with Crippen molar-refractivity contribution in [2.45, 2.75) is 38.9 Å². The third-order valence-corrected chi connectivity index (χ3v) is 3.31. The Hall–Kier alpha value is -1.03. The van der Waals surface area contributed by atoms with Gasteiger partial charge in [0.15, 0.2) is 0 Å². The molecule has 1 unspecified atom stereocenters. The van der Waals surface area contributed by atoms with Gasteiger partial charge in [0, 0.05) is 6.04 Å². The number of hydrogen-bond acceptors (Lipinski definition) is 1. The van der Waals surface area contributed by atoms with Crippen LogP contribution in [0.2, 0.25) is 0 Å². The molecule has 1 nitrogen and oxygen atoms in total. The molecule has 1 fully saturated rings. The van der Waals surface area contributed by atoms with Crippen LogP contribution in [-0.4, -0.2) is 12.2 Å². The van der Waals surface area contributed by atoms with Crippen molar-refractivity contribution in [2.24, 2.45) is 11.1 Å². The van der Waals surface area contributed by atoms with Crippen molar-refractivity contribution in [3.05, 3.63) is 36.0 Å². The summed E-state index contributed by atoms with van der Waals surface area (Å²) in [4.78, 5) is 0. The zero-order chi connectivity index (χ0) is 13.3. The number of allylic oxidation sites excluding steroid dienone is 4. The van der Waals surface area contributed by atoms with Gasteiger partial charge >= 0.3 is 6.18 Å². The minimum atomic E-state index is -4.19. The van der Waals surface area contributed by atoms with Crippen molar-refractivity contribution in [2.75, 3.05) is 0 Å². The van der Waals surface area contributed by atoms with Gasteiger partial charge in [0.1, 0.15) is 0 Å². The van der Waals surface area contributed by atoms with Gasteiger partial charge in [0.2, 0.25) is 0 Å². The van der Waals surface area contributed by atoms with Gasteiger partial charge in [-0.2, -0.15) is 13.2 Å². The van der Waals surface area contributed by atoms with Crippen LogP contribution < -0.4 is 5.73 Å². The molecular formula is C13H18F3N. The van der Waals surface area contributed by atoms with Crippen molar-refractivity contribution >= 4 is 0 Å². The van der Waals surface area contributed by atoms with Crippen LogP contribution in [0.4, 0.5) is 13.2 Å². The Morgan fingerprint density at radius 2 is 1.88 bits per heavy atom. The largest absolute Gasteiger partial charge is 0.398 e. The van der Waals surface area contributed by atoms with Crippen molar-refractivity contribution in [3.63, 3.8) is 0 Å². The van der Waals surface area contributed by atoms with Crippen LogP contribution in [0.15, 0.2) is 36.0 Å². The summed E-state index contributed by atoms with van der Waals surface area (Å²) < 4.78 is 38.6. The lowest BCUT2D eigenvalue weighted by Crippen LogP contribution is -2.25. The second-order valence-corrected chi connectivity index (χ2v) is 4.61. The molecule has 96 valence electrons. The number of nitrogens with two attached hydrogens (primary N) is 1. The van der Waals surface area contributed by atoms with Gasteiger partial charge in [-0.1, -0.05) is 30.4 Å². The summed E-state index contributed by atoms with van der Waals surface area (Å²) in [5.41, 5.74) is 5.06. The van der Waals surface area contributed by atoms with E-state index in [4.69, 9.17) is 5.73 Å². The molecule has 4 heteroatoms. The third-order valence-electron chi connectivity index (χ3n) is 3.31. The maximum Gasteiger partial charge on any atom is 0.398 e. The van der Waals surface area contributed by atoms with Gasteiger partial charge in [-0.25, -0.2) is 0 Å². The molecule has 2 N–H and O–H groups in total. The Morgan fingerprint density at radius 3 is 2.18 bits per heavy atom. The Bertz CT molecular complexity index is 357. The van der Waals surface area contributed by atoms with E-state index in [-0.39, 0.29) is 24.5 Å². The maximum absolute atomic E-state index is 12.9. The fourth-order valence-corrected chi connectivity index (χ4v) is 1.66. The van der Waals surface area contributed by atoms with Gasteiger partial charge < -0.3 is 5.73 Å². The van der Waals surface area contributed by atoms with Crippen LogP contribution in [0.5, 0.6) is 0 Å². The molecule has 0 spiro atoms. The standard InChI is InChI=1S/C13H18F3N/c1-4-11(6-5-9(2)10(3)17)12(7-8-12)13(14,15)16/h4-6,10H,1,7-8,17H2,2-3H3/b9-5+,11-6+. The maximum atomic E-state index is 12.9. The van der Waals surface area contributed by atoms with E-state index in [1.807, 2.05) is 0 Å². The van der Waals surface area contributed by atoms with E-state index in [0.717, 1.165) is 5.57 Å². The number of halogens is 3. The zero-order valence-corrected chi connectivity index (χ0v) is 10.1. The fourth-order valence-electron chi connectivity index (χ4n) is 1.66. The Labute approximate surface area is 99.9 Å². The van der Waals surface area contributed by atoms with Gasteiger partial charge in [0.25, 0.3) is 0 Å². The van der Waals surface area contributed by atoms with Crippen LogP contribution in [0.3, 0.4) is 0 Å². The monoisotopic (exact) mass is 245 g/mol. The predicted molar refractivity (Wildman–Crippen MR) is 63.4 cm³/mol. The first-order valence-corrected chi connectivity index (χ1v) is 5.58. The van der Waals surface area contributed by atoms with Crippen molar-refractivity contribution < 1.29 is 13.2 Å². The highest BCUT2D eigenvalue weighted by Gasteiger charge is 2.64. The molecule has 1 aliphatic carbocycles. The van der Waals surface area contributed by atoms with E-state index in [1.165, 1.54) is 12.2 Å². The summed E-state index contributed by atoms with van der Waals surface area (Å²) in [6.07, 6.45) is 0.549. The van der Waals surface area contributed by atoms with Crippen molar-refractivity contribution in [1.82, 2.24) is 0 Å². The first kappa shape index (κ1) is 14.0. The van der Waals surface area contributed by atoms with E-state index in [9.17, 15) is 13.2 Å². The summed E-state index contributed by atoms with van der Waals surface area (Å²) in [5.74, 6) is 0. The number of alkyl halides is 3. The minimum absolute atomic E-state index is 0.152. The molecular weight excluding hydrogens is 227 g/mol. The van der Waals surface area contributed by atoms with Crippen LogP contribution >= 0.6 is 0 Å². The Kier molecular flexibility index (Phi) is 3.87. The minimum Gasteiger partial charge on any atom is -0.324 e. The van der Waals surface area contributed by atoms with Crippen LogP contribution in [0.1, 0.15) is 26.7 Å². The second kappa shape index (κ2) is 4.69. The van der Waals surface area contributed by atoms with Crippen LogP contribution in [-0.2, 0) is 0 Å². The third kappa shape index (κ3) is 2.80. The quantitative estimate of drug-likeness (QED) is 0.750. The molecule has 0 aromatic heterocycles. The topological polar surface area (TPSA) is 26.0 Å². The first-order chi connectivity index (χ1) is 7.74. The highest BCUT2D eigenvalue weighted by atomic mass is 19.4. The first-order valence-electron chi connectivity index (χ1n) is 5.58. The molecule has 1 saturated carbocycles. The van der Waals surface area contributed by atoms with E-state index in [2.05, 4.69) is 6.58 Å². The molecule has 1 rings (SSSR count). The molecule has 1 aliphatic rings. The second-order valence-electron chi connectivity index (χ2n) is 4.61. The Balaban J connectivity index is 2.98. The van der Waals surface area contributed by atoms with E-state index < -0.39 is 11.6 Å². The molecule has 0 aromatic rings. The smallest absolute Gasteiger partial charge is 0.324 e.